The second kappa shape index (κ2) is 6.00. The number of piperidine rings is 1. The summed E-state index contributed by atoms with van der Waals surface area (Å²) >= 11 is 0. The molecule has 0 amide bonds. The molecule has 1 atom stereocenters. The topological polar surface area (TPSA) is 55.6 Å². The molecule has 0 bridgehead atoms. The average Bonchev–Trinajstić information content (AvgIpc) is 2.75. The average molecular weight is 252 g/mol. The molecule has 1 unspecified atom stereocenters. The van der Waals surface area contributed by atoms with Crippen LogP contribution in [0.1, 0.15) is 31.2 Å². The maximum absolute atomic E-state index is 11.7. The minimum atomic E-state index is -0.0732. The Hall–Kier alpha value is -1.36. The van der Waals surface area contributed by atoms with Crippen LogP contribution in [0.5, 0.6) is 0 Å². The number of carbonyl (C=O) groups excluding carboxylic acids is 1. The Balaban J connectivity index is 1.88. The van der Waals surface area contributed by atoms with Crippen molar-refractivity contribution in [2.45, 2.75) is 33.2 Å². The molecule has 0 radical (unpaired) electrons. The van der Waals surface area contributed by atoms with Gasteiger partial charge in [-0.3, -0.25) is 9.69 Å². The molecule has 100 valence electrons. The van der Waals surface area contributed by atoms with E-state index < -0.39 is 0 Å². The van der Waals surface area contributed by atoms with Crippen LogP contribution in [0.3, 0.4) is 0 Å². The third kappa shape index (κ3) is 3.32. The summed E-state index contributed by atoms with van der Waals surface area (Å²) in [4.78, 5) is 13.9. The van der Waals surface area contributed by atoms with Gasteiger partial charge >= 0.3 is 5.97 Å². The number of hydrogen-bond acceptors (Lipinski definition) is 5. The summed E-state index contributed by atoms with van der Waals surface area (Å²) in [6.07, 6.45) is 1.95. The summed E-state index contributed by atoms with van der Waals surface area (Å²) in [5.74, 6) is 0.788. The first-order valence-electron chi connectivity index (χ1n) is 6.50. The van der Waals surface area contributed by atoms with Crippen molar-refractivity contribution in [2.75, 3.05) is 19.7 Å². The lowest BCUT2D eigenvalue weighted by Crippen LogP contribution is -2.38. The number of ether oxygens (including phenoxy) is 1. The number of aryl methyl sites for hydroxylation is 1. The molecular weight excluding hydrogens is 232 g/mol. The maximum Gasteiger partial charge on any atom is 0.310 e. The van der Waals surface area contributed by atoms with Gasteiger partial charge in [0.25, 0.3) is 0 Å². The molecule has 0 aliphatic carbocycles. The molecule has 1 saturated heterocycles. The van der Waals surface area contributed by atoms with Crippen molar-refractivity contribution in [1.29, 1.82) is 0 Å². The molecule has 0 aromatic carbocycles. The number of aromatic nitrogens is 1. The normalized spacial score (nSPS) is 20.9. The Labute approximate surface area is 107 Å². The second-order valence-electron chi connectivity index (χ2n) is 4.76. The molecule has 1 aliphatic heterocycles. The highest BCUT2D eigenvalue weighted by molar-refractivity contribution is 5.72. The van der Waals surface area contributed by atoms with E-state index in [0.29, 0.717) is 6.61 Å². The fraction of sp³-hybridized carbons (Fsp3) is 0.692. The molecular formula is C13H20N2O3. The van der Waals surface area contributed by atoms with E-state index in [1.807, 2.05) is 19.9 Å². The van der Waals surface area contributed by atoms with Crippen LogP contribution in [0.25, 0.3) is 0 Å². The van der Waals surface area contributed by atoms with E-state index in [2.05, 4.69) is 10.1 Å². The van der Waals surface area contributed by atoms with Crippen LogP contribution in [0.15, 0.2) is 10.6 Å². The lowest BCUT2D eigenvalue weighted by molar-refractivity contribution is -0.150. The molecule has 5 heteroatoms. The summed E-state index contributed by atoms with van der Waals surface area (Å²) < 4.78 is 10.3. The molecule has 2 heterocycles. The van der Waals surface area contributed by atoms with Gasteiger partial charge in [-0.2, -0.15) is 0 Å². The molecule has 0 N–H and O–H groups in total. The summed E-state index contributed by atoms with van der Waals surface area (Å²) in [6, 6.07) is 1.94. The molecule has 1 fully saturated rings. The van der Waals surface area contributed by atoms with E-state index in [9.17, 15) is 4.79 Å². The maximum atomic E-state index is 11.7. The van der Waals surface area contributed by atoms with Gasteiger partial charge in [-0.15, -0.1) is 0 Å². The van der Waals surface area contributed by atoms with E-state index in [1.165, 1.54) is 0 Å². The van der Waals surface area contributed by atoms with E-state index in [4.69, 9.17) is 9.26 Å². The fourth-order valence-corrected chi connectivity index (χ4v) is 2.36. The van der Waals surface area contributed by atoms with Crippen LogP contribution < -0.4 is 0 Å². The van der Waals surface area contributed by atoms with E-state index >= 15 is 0 Å². The second-order valence-corrected chi connectivity index (χ2v) is 4.76. The van der Waals surface area contributed by atoms with Gasteiger partial charge in [-0.1, -0.05) is 5.16 Å². The highest BCUT2D eigenvalue weighted by Gasteiger charge is 2.27. The van der Waals surface area contributed by atoms with Crippen LogP contribution >= 0.6 is 0 Å². The zero-order valence-electron chi connectivity index (χ0n) is 11.0. The number of hydrogen-bond donors (Lipinski definition) is 0. The third-order valence-corrected chi connectivity index (χ3v) is 3.18. The molecule has 5 nitrogen and oxygen atoms in total. The fourth-order valence-electron chi connectivity index (χ4n) is 2.36. The van der Waals surface area contributed by atoms with Crippen molar-refractivity contribution in [3.05, 3.63) is 17.5 Å². The van der Waals surface area contributed by atoms with Gasteiger partial charge in [-0.05, 0) is 33.2 Å². The van der Waals surface area contributed by atoms with Gasteiger partial charge < -0.3 is 9.26 Å². The monoisotopic (exact) mass is 252 g/mol. The highest BCUT2D eigenvalue weighted by Crippen LogP contribution is 2.20. The Kier molecular flexibility index (Phi) is 4.36. The minimum absolute atomic E-state index is 0.00252. The molecule has 0 spiro atoms. The molecule has 1 aliphatic rings. The third-order valence-electron chi connectivity index (χ3n) is 3.18. The Morgan fingerprint density at radius 1 is 1.67 bits per heavy atom. The quantitative estimate of drug-likeness (QED) is 0.764. The summed E-state index contributed by atoms with van der Waals surface area (Å²) in [5.41, 5.74) is 0.893. The van der Waals surface area contributed by atoms with Crippen molar-refractivity contribution >= 4 is 5.97 Å². The van der Waals surface area contributed by atoms with Gasteiger partial charge in [0, 0.05) is 12.6 Å². The Morgan fingerprint density at radius 3 is 3.17 bits per heavy atom. The summed E-state index contributed by atoms with van der Waals surface area (Å²) in [7, 11) is 0. The van der Waals surface area contributed by atoms with Gasteiger partial charge in [0.2, 0.25) is 0 Å². The smallest absolute Gasteiger partial charge is 0.310 e. The number of esters is 1. The number of rotatable bonds is 4. The summed E-state index contributed by atoms with van der Waals surface area (Å²) in [6.45, 7) is 6.67. The van der Waals surface area contributed by atoms with Crippen LogP contribution in [0.2, 0.25) is 0 Å². The van der Waals surface area contributed by atoms with Gasteiger partial charge in [0.15, 0.2) is 5.76 Å². The van der Waals surface area contributed by atoms with Gasteiger partial charge in [0.05, 0.1) is 24.8 Å². The van der Waals surface area contributed by atoms with Crippen LogP contribution in [0, 0.1) is 12.8 Å². The van der Waals surface area contributed by atoms with Gasteiger partial charge in [-0.25, -0.2) is 0 Å². The lowest BCUT2D eigenvalue weighted by atomic mass is 9.98. The first kappa shape index (κ1) is 13.1. The van der Waals surface area contributed by atoms with Crippen LogP contribution in [0.4, 0.5) is 0 Å². The standard InChI is InChI=1S/C13H20N2O3/c1-3-17-13(16)11-5-4-6-15(8-11)9-12-7-10(2)14-18-12/h7,11H,3-6,8-9H2,1-2H3. The van der Waals surface area contributed by atoms with Crippen LogP contribution in [-0.2, 0) is 16.1 Å². The zero-order valence-corrected chi connectivity index (χ0v) is 11.0. The minimum Gasteiger partial charge on any atom is -0.466 e. The Bertz CT molecular complexity index is 403. The number of carbonyl (C=O) groups is 1. The molecule has 18 heavy (non-hydrogen) atoms. The molecule has 1 aromatic rings. The predicted molar refractivity (Wildman–Crippen MR) is 65.9 cm³/mol. The first-order chi connectivity index (χ1) is 8.69. The SMILES string of the molecule is CCOC(=O)C1CCCN(Cc2cc(C)no2)C1. The predicted octanol–water partition coefficient (Wildman–Crippen LogP) is 1.76. The van der Waals surface area contributed by atoms with E-state index in [0.717, 1.165) is 43.9 Å². The van der Waals surface area contributed by atoms with E-state index in [1.54, 1.807) is 0 Å². The Morgan fingerprint density at radius 2 is 2.50 bits per heavy atom. The van der Waals surface area contributed by atoms with Crippen molar-refractivity contribution in [2.24, 2.45) is 5.92 Å². The lowest BCUT2D eigenvalue weighted by Gasteiger charge is -2.30. The van der Waals surface area contributed by atoms with Crippen molar-refractivity contribution in [1.82, 2.24) is 10.1 Å². The van der Waals surface area contributed by atoms with Crippen molar-refractivity contribution < 1.29 is 14.1 Å². The largest absolute Gasteiger partial charge is 0.466 e. The van der Waals surface area contributed by atoms with Crippen molar-refractivity contribution in [3.8, 4) is 0 Å². The van der Waals surface area contributed by atoms with Crippen molar-refractivity contribution in [3.63, 3.8) is 0 Å². The number of nitrogens with zero attached hydrogens (tertiary/aromatic N) is 2. The van der Waals surface area contributed by atoms with Gasteiger partial charge in [0.1, 0.15) is 0 Å². The number of likely N-dealkylation sites (tertiary alicyclic amines) is 1. The van der Waals surface area contributed by atoms with Crippen LogP contribution in [-0.4, -0.2) is 35.7 Å². The molecule has 0 saturated carbocycles. The molecule has 1 aromatic heterocycles. The highest BCUT2D eigenvalue weighted by atomic mass is 16.5. The zero-order chi connectivity index (χ0) is 13.0. The summed E-state index contributed by atoms with van der Waals surface area (Å²) in [5, 5.41) is 3.87. The molecule has 2 rings (SSSR count). The van der Waals surface area contributed by atoms with E-state index in [-0.39, 0.29) is 11.9 Å². The first-order valence-corrected chi connectivity index (χ1v) is 6.50.